The van der Waals surface area contributed by atoms with Crippen molar-refractivity contribution in [3.63, 3.8) is 0 Å². The zero-order valence-corrected chi connectivity index (χ0v) is 16.4. The Balaban J connectivity index is 1.34. The molecule has 0 radical (unpaired) electrons. The molecular formula is C22H26N6O. The second-order valence-corrected chi connectivity index (χ2v) is 8.18. The summed E-state index contributed by atoms with van der Waals surface area (Å²) in [5.74, 6) is 1.99. The van der Waals surface area contributed by atoms with Crippen LogP contribution in [-0.4, -0.2) is 42.3 Å². The van der Waals surface area contributed by atoms with Gasteiger partial charge in [-0.05, 0) is 48.8 Å². The maximum Gasteiger partial charge on any atom is 0.132 e. The van der Waals surface area contributed by atoms with Gasteiger partial charge in [0, 0.05) is 25.2 Å². The minimum Gasteiger partial charge on any atom is -0.378 e. The Morgan fingerprint density at radius 1 is 1.07 bits per heavy atom. The van der Waals surface area contributed by atoms with Crippen LogP contribution in [0.15, 0.2) is 36.7 Å². The van der Waals surface area contributed by atoms with E-state index >= 15 is 0 Å². The Morgan fingerprint density at radius 3 is 2.69 bits per heavy atom. The molecule has 3 heterocycles. The number of hydrazine groups is 1. The van der Waals surface area contributed by atoms with E-state index in [2.05, 4.69) is 50.0 Å². The molecule has 4 atom stereocenters. The number of aromatic nitrogens is 2. The van der Waals surface area contributed by atoms with Gasteiger partial charge in [0.1, 0.15) is 12.1 Å². The molecule has 1 aromatic carbocycles. The molecule has 2 saturated heterocycles. The Hall–Kier alpha value is -2.53. The smallest absolute Gasteiger partial charge is 0.132 e. The van der Waals surface area contributed by atoms with Gasteiger partial charge < -0.3 is 9.64 Å². The van der Waals surface area contributed by atoms with E-state index < -0.39 is 0 Å². The third kappa shape index (κ3) is 3.71. The first-order valence-electron chi connectivity index (χ1n) is 10.5. The van der Waals surface area contributed by atoms with Crippen molar-refractivity contribution in [2.24, 2.45) is 5.92 Å². The van der Waals surface area contributed by atoms with Crippen LogP contribution in [0, 0.1) is 17.2 Å². The third-order valence-electron chi connectivity index (χ3n) is 6.59. The van der Waals surface area contributed by atoms with Gasteiger partial charge in [-0.25, -0.2) is 15.4 Å². The summed E-state index contributed by atoms with van der Waals surface area (Å²) in [4.78, 5) is 11.4. The molecule has 4 unspecified atom stereocenters. The lowest BCUT2D eigenvalue weighted by molar-refractivity contribution is 0.122. The Labute approximate surface area is 171 Å². The number of benzene rings is 1. The number of nitriles is 1. The highest BCUT2D eigenvalue weighted by atomic mass is 16.5. The summed E-state index contributed by atoms with van der Waals surface area (Å²) in [7, 11) is 0. The minimum atomic E-state index is 0.184. The van der Waals surface area contributed by atoms with Gasteiger partial charge in [0.15, 0.2) is 0 Å². The number of nitrogens with one attached hydrogen (secondary N) is 2. The molecule has 1 saturated carbocycles. The van der Waals surface area contributed by atoms with Gasteiger partial charge in [0.05, 0.1) is 36.6 Å². The van der Waals surface area contributed by atoms with E-state index in [1.165, 1.54) is 5.56 Å². The molecule has 0 amide bonds. The Kier molecular flexibility index (Phi) is 5.15. The maximum atomic E-state index is 9.05. The summed E-state index contributed by atoms with van der Waals surface area (Å²) in [5, 5.41) is 9.05. The summed E-state index contributed by atoms with van der Waals surface area (Å²) >= 11 is 0. The standard InChI is InChI=1S/C22H26N6O/c23-13-15-1-3-16(4-2-15)17-5-6-19-18(11-17)22(27-26-19)20-12-21(25-14-24-20)28-7-9-29-10-8-28/h1-4,12,14,17-19,22,26-27H,5-11H2. The number of rotatable bonds is 3. The normalized spacial score (nSPS) is 29.3. The number of morpholine rings is 1. The fourth-order valence-electron chi connectivity index (χ4n) is 4.98. The summed E-state index contributed by atoms with van der Waals surface area (Å²) in [6.45, 7) is 3.25. The molecule has 2 aromatic rings. The van der Waals surface area contributed by atoms with Gasteiger partial charge in [-0.1, -0.05) is 12.1 Å². The van der Waals surface area contributed by atoms with Gasteiger partial charge >= 0.3 is 0 Å². The van der Waals surface area contributed by atoms with Gasteiger partial charge in [-0.15, -0.1) is 0 Å². The third-order valence-corrected chi connectivity index (χ3v) is 6.59. The topological polar surface area (TPSA) is 86.1 Å². The molecule has 7 nitrogen and oxygen atoms in total. The van der Waals surface area contributed by atoms with Gasteiger partial charge in [0.25, 0.3) is 0 Å². The zero-order valence-electron chi connectivity index (χ0n) is 16.4. The van der Waals surface area contributed by atoms with Crippen LogP contribution in [0.25, 0.3) is 0 Å². The zero-order chi connectivity index (χ0) is 19.6. The molecule has 1 aliphatic carbocycles. The number of anilines is 1. The highest BCUT2D eigenvalue weighted by molar-refractivity contribution is 5.40. The number of ether oxygens (including phenoxy) is 1. The SMILES string of the molecule is N#Cc1ccc(C2CCC3NNC(c4cc(N5CCOCC5)ncn4)C3C2)cc1. The fraction of sp³-hybridized carbons (Fsp3) is 0.500. The van der Waals surface area contributed by atoms with Crippen LogP contribution in [0.5, 0.6) is 0 Å². The molecule has 0 bridgehead atoms. The van der Waals surface area contributed by atoms with Crippen LogP contribution >= 0.6 is 0 Å². The van der Waals surface area contributed by atoms with Crippen molar-refractivity contribution in [1.82, 2.24) is 20.8 Å². The van der Waals surface area contributed by atoms with Crippen LogP contribution in [0.4, 0.5) is 5.82 Å². The largest absolute Gasteiger partial charge is 0.378 e. The monoisotopic (exact) mass is 390 g/mol. The summed E-state index contributed by atoms with van der Waals surface area (Å²) < 4.78 is 5.47. The molecule has 7 heteroatoms. The van der Waals surface area contributed by atoms with Crippen molar-refractivity contribution < 1.29 is 4.74 Å². The number of hydrogen-bond donors (Lipinski definition) is 2. The predicted molar refractivity (Wildman–Crippen MR) is 109 cm³/mol. The molecule has 2 aliphatic heterocycles. The van der Waals surface area contributed by atoms with Crippen molar-refractivity contribution in [3.05, 3.63) is 53.5 Å². The number of fused-ring (bicyclic) bond motifs is 1. The molecule has 1 aromatic heterocycles. The Morgan fingerprint density at radius 2 is 1.90 bits per heavy atom. The Bertz CT molecular complexity index is 889. The molecule has 0 spiro atoms. The molecule has 3 fully saturated rings. The van der Waals surface area contributed by atoms with Crippen molar-refractivity contribution >= 4 is 5.82 Å². The maximum absolute atomic E-state index is 9.05. The lowest BCUT2D eigenvalue weighted by Gasteiger charge is -2.33. The predicted octanol–water partition coefficient (Wildman–Crippen LogP) is 2.29. The van der Waals surface area contributed by atoms with Gasteiger partial charge in [0.2, 0.25) is 0 Å². The second kappa shape index (κ2) is 8.07. The molecule has 150 valence electrons. The van der Waals surface area contributed by atoms with E-state index in [1.54, 1.807) is 6.33 Å². The lowest BCUT2D eigenvalue weighted by atomic mass is 9.73. The highest BCUT2D eigenvalue weighted by Gasteiger charge is 2.42. The summed E-state index contributed by atoms with van der Waals surface area (Å²) in [6, 6.07) is 13.1. The summed E-state index contributed by atoms with van der Waals surface area (Å²) in [6.07, 6.45) is 5.10. The lowest BCUT2D eigenvalue weighted by Crippen LogP contribution is -2.37. The van der Waals surface area contributed by atoms with E-state index in [4.69, 9.17) is 10.00 Å². The van der Waals surface area contributed by atoms with Crippen LogP contribution < -0.4 is 15.8 Å². The first-order valence-corrected chi connectivity index (χ1v) is 10.5. The molecule has 2 N–H and O–H groups in total. The number of nitrogens with zero attached hydrogens (tertiary/aromatic N) is 4. The van der Waals surface area contributed by atoms with Crippen LogP contribution in [0.3, 0.4) is 0 Å². The highest BCUT2D eigenvalue weighted by Crippen LogP contribution is 2.43. The first-order chi connectivity index (χ1) is 14.3. The van der Waals surface area contributed by atoms with E-state index in [9.17, 15) is 0 Å². The van der Waals surface area contributed by atoms with Crippen molar-refractivity contribution in [1.29, 1.82) is 5.26 Å². The van der Waals surface area contributed by atoms with E-state index in [-0.39, 0.29) is 6.04 Å². The molecule has 5 rings (SSSR count). The minimum absolute atomic E-state index is 0.184. The number of hydrogen-bond acceptors (Lipinski definition) is 7. The average Bonchev–Trinajstić information content (AvgIpc) is 3.23. The second-order valence-electron chi connectivity index (χ2n) is 8.18. The van der Waals surface area contributed by atoms with Gasteiger partial charge in [-0.3, -0.25) is 5.43 Å². The van der Waals surface area contributed by atoms with Gasteiger partial charge in [-0.2, -0.15) is 5.26 Å². The van der Waals surface area contributed by atoms with E-state index in [0.29, 0.717) is 17.9 Å². The first kappa shape index (κ1) is 18.5. The van der Waals surface area contributed by atoms with Crippen molar-refractivity contribution in [2.75, 3.05) is 31.2 Å². The molecular weight excluding hydrogens is 364 g/mol. The van der Waals surface area contributed by atoms with Crippen molar-refractivity contribution in [2.45, 2.75) is 37.3 Å². The van der Waals surface area contributed by atoms with E-state index in [1.807, 2.05) is 12.1 Å². The summed E-state index contributed by atoms with van der Waals surface area (Å²) in [5.41, 5.74) is 10.1. The fourth-order valence-corrected chi connectivity index (χ4v) is 4.98. The quantitative estimate of drug-likeness (QED) is 0.831. The molecule has 3 aliphatic rings. The van der Waals surface area contributed by atoms with Crippen molar-refractivity contribution in [3.8, 4) is 6.07 Å². The average molecular weight is 390 g/mol. The van der Waals surface area contributed by atoms with E-state index in [0.717, 1.165) is 62.6 Å². The van der Waals surface area contributed by atoms with Crippen LogP contribution in [0.2, 0.25) is 0 Å². The van der Waals surface area contributed by atoms with Crippen LogP contribution in [-0.2, 0) is 4.74 Å². The molecule has 29 heavy (non-hydrogen) atoms. The van der Waals surface area contributed by atoms with Crippen LogP contribution in [0.1, 0.15) is 48.0 Å².